The Morgan fingerprint density at radius 2 is 2.00 bits per heavy atom. The molecule has 32 heavy (non-hydrogen) atoms. The SMILES string of the molecule is Cc1ccc(C)c(NC(=O)CSc2nc3c(c(=O)[nH]2)CN(Cc2ccc(F)cc2)CC3)c1. The van der Waals surface area contributed by atoms with Crippen LogP contribution in [0.15, 0.2) is 52.4 Å². The number of rotatable bonds is 6. The molecule has 0 unspecified atom stereocenters. The van der Waals surface area contributed by atoms with E-state index in [0.717, 1.165) is 34.6 Å². The van der Waals surface area contributed by atoms with Gasteiger partial charge < -0.3 is 10.3 Å². The fourth-order valence-corrected chi connectivity index (χ4v) is 4.38. The summed E-state index contributed by atoms with van der Waals surface area (Å²) in [6.07, 6.45) is 0.655. The van der Waals surface area contributed by atoms with E-state index in [1.165, 1.54) is 23.9 Å². The number of nitrogens with one attached hydrogen (secondary N) is 2. The number of aromatic amines is 1. The molecule has 0 aliphatic carbocycles. The van der Waals surface area contributed by atoms with Gasteiger partial charge in [-0.05, 0) is 48.7 Å². The third-order valence-electron chi connectivity index (χ3n) is 5.45. The molecular weight excluding hydrogens is 427 g/mol. The number of carbonyl (C=O) groups excluding carboxylic acids is 1. The van der Waals surface area contributed by atoms with Crippen molar-refractivity contribution in [2.75, 3.05) is 17.6 Å². The number of fused-ring (bicyclic) bond motifs is 1. The highest BCUT2D eigenvalue weighted by molar-refractivity contribution is 7.99. The Kier molecular flexibility index (Phi) is 6.72. The summed E-state index contributed by atoms with van der Waals surface area (Å²) >= 11 is 1.22. The summed E-state index contributed by atoms with van der Waals surface area (Å²) < 4.78 is 13.1. The standard InChI is InChI=1S/C24H25FN4O2S/c1-15-3-4-16(2)21(11-15)26-22(30)14-32-24-27-20-9-10-29(13-19(20)23(31)28-24)12-17-5-7-18(25)8-6-17/h3-8,11H,9-10,12-14H2,1-2H3,(H,26,30)(H,27,28,31). The predicted molar refractivity (Wildman–Crippen MR) is 124 cm³/mol. The van der Waals surface area contributed by atoms with E-state index in [0.29, 0.717) is 30.2 Å². The van der Waals surface area contributed by atoms with Crippen molar-refractivity contribution >= 4 is 23.4 Å². The molecule has 0 fully saturated rings. The molecule has 0 bridgehead atoms. The summed E-state index contributed by atoms with van der Waals surface area (Å²) in [7, 11) is 0. The Bertz CT molecular complexity index is 1190. The molecule has 2 N–H and O–H groups in total. The smallest absolute Gasteiger partial charge is 0.256 e. The van der Waals surface area contributed by atoms with Crippen LogP contribution in [0.2, 0.25) is 0 Å². The lowest BCUT2D eigenvalue weighted by Gasteiger charge is -2.27. The molecule has 3 aromatic rings. The number of benzene rings is 2. The van der Waals surface area contributed by atoms with Crippen LogP contribution in [0.4, 0.5) is 10.1 Å². The zero-order valence-electron chi connectivity index (χ0n) is 18.1. The number of aryl methyl sites for hydroxylation is 2. The summed E-state index contributed by atoms with van der Waals surface area (Å²) in [5.41, 5.74) is 5.14. The number of hydrogen-bond donors (Lipinski definition) is 2. The minimum Gasteiger partial charge on any atom is -0.325 e. The van der Waals surface area contributed by atoms with Gasteiger partial charge in [0.05, 0.1) is 17.0 Å². The first-order chi connectivity index (χ1) is 15.4. The molecule has 2 aromatic carbocycles. The molecule has 0 atom stereocenters. The topological polar surface area (TPSA) is 78.1 Å². The summed E-state index contributed by atoms with van der Waals surface area (Å²) in [6, 6.07) is 12.3. The van der Waals surface area contributed by atoms with E-state index in [-0.39, 0.29) is 23.0 Å². The minimum atomic E-state index is -0.258. The number of anilines is 1. The molecule has 1 aromatic heterocycles. The number of nitrogens with zero attached hydrogens (tertiary/aromatic N) is 2. The number of halogens is 1. The Balaban J connectivity index is 1.37. The molecule has 166 valence electrons. The fraction of sp³-hybridized carbons (Fsp3) is 0.292. The quantitative estimate of drug-likeness (QED) is 0.439. The Morgan fingerprint density at radius 3 is 2.78 bits per heavy atom. The van der Waals surface area contributed by atoms with Crippen molar-refractivity contribution in [2.24, 2.45) is 0 Å². The summed E-state index contributed by atoms with van der Waals surface area (Å²) in [6.45, 7) is 5.83. The molecule has 1 aliphatic heterocycles. The first kappa shape index (κ1) is 22.2. The predicted octanol–water partition coefficient (Wildman–Crippen LogP) is 3.81. The number of hydrogen-bond acceptors (Lipinski definition) is 5. The minimum absolute atomic E-state index is 0.144. The van der Waals surface area contributed by atoms with Crippen molar-refractivity contribution in [1.82, 2.24) is 14.9 Å². The first-order valence-corrected chi connectivity index (χ1v) is 11.4. The van der Waals surface area contributed by atoms with E-state index in [4.69, 9.17) is 0 Å². The van der Waals surface area contributed by atoms with Crippen LogP contribution < -0.4 is 10.9 Å². The average molecular weight is 453 g/mol. The third kappa shape index (κ3) is 5.44. The van der Waals surface area contributed by atoms with Crippen LogP contribution in [0.5, 0.6) is 0 Å². The fourth-order valence-electron chi connectivity index (χ4n) is 3.70. The lowest BCUT2D eigenvalue weighted by molar-refractivity contribution is -0.113. The van der Waals surface area contributed by atoms with Crippen LogP contribution in [0.3, 0.4) is 0 Å². The van der Waals surface area contributed by atoms with Crippen LogP contribution in [0, 0.1) is 19.7 Å². The van der Waals surface area contributed by atoms with Gasteiger partial charge in [-0.25, -0.2) is 9.37 Å². The highest BCUT2D eigenvalue weighted by Gasteiger charge is 2.21. The Morgan fingerprint density at radius 1 is 1.22 bits per heavy atom. The van der Waals surface area contributed by atoms with E-state index in [1.807, 2.05) is 32.0 Å². The van der Waals surface area contributed by atoms with E-state index in [9.17, 15) is 14.0 Å². The van der Waals surface area contributed by atoms with Crippen molar-refractivity contribution in [3.05, 3.63) is 86.6 Å². The maximum absolute atomic E-state index is 13.1. The molecule has 0 saturated carbocycles. The lowest BCUT2D eigenvalue weighted by Crippen LogP contribution is -2.35. The monoisotopic (exact) mass is 452 g/mol. The van der Waals surface area contributed by atoms with Crippen LogP contribution >= 0.6 is 11.8 Å². The number of amides is 1. The normalized spacial score (nSPS) is 13.6. The van der Waals surface area contributed by atoms with Crippen molar-refractivity contribution in [1.29, 1.82) is 0 Å². The summed E-state index contributed by atoms with van der Waals surface area (Å²) in [5, 5.41) is 3.38. The van der Waals surface area contributed by atoms with E-state index < -0.39 is 0 Å². The van der Waals surface area contributed by atoms with Gasteiger partial charge in [0.25, 0.3) is 5.56 Å². The largest absolute Gasteiger partial charge is 0.325 e. The van der Waals surface area contributed by atoms with Crippen molar-refractivity contribution < 1.29 is 9.18 Å². The van der Waals surface area contributed by atoms with Crippen LogP contribution in [0.25, 0.3) is 0 Å². The molecule has 1 amide bonds. The maximum Gasteiger partial charge on any atom is 0.256 e. The van der Waals surface area contributed by atoms with Crippen LogP contribution in [-0.4, -0.2) is 33.1 Å². The van der Waals surface area contributed by atoms with Crippen molar-refractivity contribution in [3.63, 3.8) is 0 Å². The highest BCUT2D eigenvalue weighted by Crippen LogP contribution is 2.21. The molecule has 1 aliphatic rings. The second kappa shape index (κ2) is 9.67. The molecule has 2 heterocycles. The third-order valence-corrected chi connectivity index (χ3v) is 6.33. The summed E-state index contributed by atoms with van der Waals surface area (Å²) in [4.78, 5) is 34.6. The van der Waals surface area contributed by atoms with Crippen molar-refractivity contribution in [2.45, 2.75) is 38.5 Å². The van der Waals surface area contributed by atoms with Crippen LogP contribution in [-0.2, 0) is 24.3 Å². The Labute approximate surface area is 190 Å². The molecule has 4 rings (SSSR count). The van der Waals surface area contributed by atoms with E-state index in [2.05, 4.69) is 20.2 Å². The molecule has 8 heteroatoms. The molecule has 0 radical (unpaired) electrons. The van der Waals surface area contributed by atoms with Gasteiger partial charge in [0.1, 0.15) is 5.82 Å². The zero-order chi connectivity index (χ0) is 22.7. The van der Waals surface area contributed by atoms with Gasteiger partial charge in [-0.1, -0.05) is 36.0 Å². The number of aromatic nitrogens is 2. The van der Waals surface area contributed by atoms with Gasteiger partial charge in [0.2, 0.25) is 5.91 Å². The first-order valence-electron chi connectivity index (χ1n) is 10.5. The number of carbonyl (C=O) groups is 1. The van der Waals surface area contributed by atoms with Gasteiger partial charge in [0.15, 0.2) is 5.16 Å². The van der Waals surface area contributed by atoms with Crippen LogP contribution in [0.1, 0.15) is 27.9 Å². The van der Waals surface area contributed by atoms with Gasteiger partial charge >= 0.3 is 0 Å². The highest BCUT2D eigenvalue weighted by atomic mass is 32.2. The number of thioether (sulfide) groups is 1. The molecule has 0 spiro atoms. The van der Waals surface area contributed by atoms with Gasteiger partial charge in [-0.3, -0.25) is 14.5 Å². The van der Waals surface area contributed by atoms with Gasteiger partial charge in [-0.15, -0.1) is 0 Å². The van der Waals surface area contributed by atoms with E-state index in [1.54, 1.807) is 12.1 Å². The number of H-pyrrole nitrogens is 1. The molecule has 0 saturated heterocycles. The maximum atomic E-state index is 13.1. The second-order valence-electron chi connectivity index (χ2n) is 8.04. The van der Waals surface area contributed by atoms with E-state index >= 15 is 0 Å². The zero-order valence-corrected chi connectivity index (χ0v) is 18.9. The summed E-state index contributed by atoms with van der Waals surface area (Å²) in [5.74, 6) is -0.244. The Hall–Kier alpha value is -2.97. The van der Waals surface area contributed by atoms with Gasteiger partial charge in [-0.2, -0.15) is 0 Å². The van der Waals surface area contributed by atoms with Gasteiger partial charge in [0, 0.05) is 31.7 Å². The molecule has 6 nitrogen and oxygen atoms in total. The van der Waals surface area contributed by atoms with Crippen molar-refractivity contribution in [3.8, 4) is 0 Å². The lowest BCUT2D eigenvalue weighted by atomic mass is 10.1. The second-order valence-corrected chi connectivity index (χ2v) is 9.00. The molecular formula is C24H25FN4O2S. The average Bonchev–Trinajstić information content (AvgIpc) is 2.77.